The van der Waals surface area contributed by atoms with Crippen molar-refractivity contribution in [1.29, 1.82) is 0 Å². The highest BCUT2D eigenvalue weighted by Gasteiger charge is 2.36. The first kappa shape index (κ1) is 11.6. The molecule has 2 rings (SSSR count). The molecule has 1 nitrogen and oxygen atoms in total. The molecule has 0 atom stereocenters. The fourth-order valence-corrected chi connectivity index (χ4v) is 3.37. The number of alkyl halides is 3. The molecule has 86 valence electrons. The second-order valence-electron chi connectivity index (χ2n) is 3.36. The molecule has 0 aliphatic carbocycles. The van der Waals surface area contributed by atoms with Gasteiger partial charge in [0.05, 0.1) is 10.6 Å². The number of aromatic nitrogens is 1. The molecule has 2 heterocycles. The first-order chi connectivity index (χ1) is 7.39. The number of nitrogens with zero attached hydrogens (tertiary/aromatic N) is 1. The summed E-state index contributed by atoms with van der Waals surface area (Å²) in [4.78, 5) is 4.21. The smallest absolute Gasteiger partial charge is 0.240 e. The maximum Gasteiger partial charge on any atom is 0.427 e. The topological polar surface area (TPSA) is 12.9 Å². The summed E-state index contributed by atoms with van der Waals surface area (Å²) >= 11 is 2.13. The molecule has 0 saturated heterocycles. The Morgan fingerprint density at radius 1 is 1.25 bits per heavy atom. The molecule has 0 aliphatic heterocycles. The van der Waals surface area contributed by atoms with Crippen molar-refractivity contribution in [3.05, 3.63) is 27.6 Å². The van der Waals surface area contributed by atoms with Crippen molar-refractivity contribution < 1.29 is 13.2 Å². The van der Waals surface area contributed by atoms with Gasteiger partial charge in [0.25, 0.3) is 0 Å². The summed E-state index contributed by atoms with van der Waals surface area (Å²) in [5.74, 6) is 0. The van der Waals surface area contributed by atoms with Crippen molar-refractivity contribution in [2.24, 2.45) is 0 Å². The maximum atomic E-state index is 12.6. The molecule has 2 aromatic rings. The van der Waals surface area contributed by atoms with Crippen molar-refractivity contribution >= 4 is 22.7 Å². The average molecular weight is 263 g/mol. The van der Waals surface area contributed by atoms with Crippen molar-refractivity contribution in [1.82, 2.24) is 4.98 Å². The van der Waals surface area contributed by atoms with Crippen LogP contribution >= 0.6 is 22.7 Å². The van der Waals surface area contributed by atoms with Crippen LogP contribution in [0.2, 0.25) is 0 Å². The van der Waals surface area contributed by atoms with Gasteiger partial charge in [-0.3, -0.25) is 0 Å². The Kier molecular flexibility index (Phi) is 2.79. The van der Waals surface area contributed by atoms with Crippen LogP contribution in [0.4, 0.5) is 13.2 Å². The summed E-state index contributed by atoms with van der Waals surface area (Å²) in [7, 11) is 0. The third-order valence-corrected chi connectivity index (χ3v) is 4.48. The predicted molar refractivity (Wildman–Crippen MR) is 59.9 cm³/mol. The molecule has 0 unspecified atom stereocenters. The summed E-state index contributed by atoms with van der Waals surface area (Å²) in [6, 6.07) is 1.88. The molecule has 0 aromatic carbocycles. The van der Waals surface area contributed by atoms with Crippen molar-refractivity contribution in [3.8, 4) is 9.88 Å². The molecule has 0 bridgehead atoms. The van der Waals surface area contributed by atoms with Gasteiger partial charge in [0.1, 0.15) is 9.88 Å². The van der Waals surface area contributed by atoms with Crippen LogP contribution in [0.15, 0.2) is 11.4 Å². The van der Waals surface area contributed by atoms with Crippen molar-refractivity contribution in [3.63, 3.8) is 0 Å². The van der Waals surface area contributed by atoms with Crippen molar-refractivity contribution in [2.75, 3.05) is 0 Å². The SMILES string of the molecule is Cc1ccsc1-c1nc(C)c(C(F)(F)F)s1. The minimum Gasteiger partial charge on any atom is -0.240 e. The van der Waals surface area contributed by atoms with E-state index in [9.17, 15) is 13.2 Å². The van der Waals surface area contributed by atoms with Crippen LogP contribution in [0.25, 0.3) is 9.88 Å². The van der Waals surface area contributed by atoms with Gasteiger partial charge in [-0.2, -0.15) is 13.2 Å². The van der Waals surface area contributed by atoms with Gasteiger partial charge in [-0.05, 0) is 30.9 Å². The first-order valence-corrected chi connectivity index (χ1v) is 6.18. The zero-order valence-electron chi connectivity index (χ0n) is 8.55. The largest absolute Gasteiger partial charge is 0.427 e. The molecule has 0 amide bonds. The van der Waals surface area contributed by atoms with Crippen LogP contribution in [-0.2, 0) is 6.18 Å². The van der Waals surface area contributed by atoms with Crippen LogP contribution < -0.4 is 0 Å². The van der Waals surface area contributed by atoms with E-state index in [1.165, 1.54) is 18.3 Å². The second-order valence-corrected chi connectivity index (χ2v) is 5.28. The summed E-state index contributed by atoms with van der Waals surface area (Å²) in [6.45, 7) is 3.27. The lowest BCUT2D eigenvalue weighted by Gasteiger charge is -2.01. The summed E-state index contributed by atoms with van der Waals surface area (Å²) in [5.41, 5.74) is 1.02. The lowest BCUT2D eigenvalue weighted by atomic mass is 10.3. The van der Waals surface area contributed by atoms with E-state index in [1.807, 2.05) is 18.4 Å². The molecule has 0 saturated carbocycles. The zero-order valence-corrected chi connectivity index (χ0v) is 10.2. The molecular formula is C10H8F3NS2. The number of thiazole rings is 1. The number of rotatable bonds is 1. The standard InChI is InChI=1S/C10H8F3NS2/c1-5-3-4-15-7(5)9-14-6(2)8(16-9)10(11,12)13/h3-4H,1-2H3. The van der Waals surface area contributed by atoms with Crippen molar-refractivity contribution in [2.45, 2.75) is 20.0 Å². The Balaban J connectivity index is 2.51. The molecule has 0 aliphatic rings. The quantitative estimate of drug-likeness (QED) is 0.737. The highest BCUT2D eigenvalue weighted by atomic mass is 32.1. The highest BCUT2D eigenvalue weighted by Crippen LogP contribution is 2.41. The predicted octanol–water partition coefficient (Wildman–Crippen LogP) is 4.51. The van der Waals surface area contributed by atoms with E-state index in [0.717, 1.165) is 10.4 Å². The monoisotopic (exact) mass is 263 g/mol. The molecule has 16 heavy (non-hydrogen) atoms. The number of thiophene rings is 1. The molecule has 6 heteroatoms. The molecule has 0 spiro atoms. The Morgan fingerprint density at radius 2 is 1.94 bits per heavy atom. The minimum absolute atomic E-state index is 0.0558. The lowest BCUT2D eigenvalue weighted by Crippen LogP contribution is -2.03. The molecular weight excluding hydrogens is 255 g/mol. The normalized spacial score (nSPS) is 12.1. The average Bonchev–Trinajstić information content (AvgIpc) is 2.70. The van der Waals surface area contributed by atoms with Gasteiger partial charge in [0.15, 0.2) is 0 Å². The number of halogens is 3. The van der Waals surface area contributed by atoms with Gasteiger partial charge >= 0.3 is 6.18 Å². The Morgan fingerprint density at radius 3 is 2.38 bits per heavy atom. The molecule has 0 radical (unpaired) electrons. The fourth-order valence-electron chi connectivity index (χ4n) is 1.35. The molecule has 0 N–H and O–H groups in total. The maximum absolute atomic E-state index is 12.6. The van der Waals surface area contributed by atoms with E-state index in [-0.39, 0.29) is 5.69 Å². The van der Waals surface area contributed by atoms with E-state index in [4.69, 9.17) is 0 Å². The van der Waals surface area contributed by atoms with Crippen LogP contribution in [0, 0.1) is 13.8 Å². The zero-order chi connectivity index (χ0) is 11.9. The lowest BCUT2D eigenvalue weighted by molar-refractivity contribution is -0.134. The van der Waals surface area contributed by atoms with Gasteiger partial charge in [-0.25, -0.2) is 4.98 Å². The molecule has 0 fully saturated rings. The number of aryl methyl sites for hydroxylation is 2. The summed E-state index contributed by atoms with van der Waals surface area (Å²) in [5, 5.41) is 2.31. The van der Waals surface area contributed by atoms with E-state index in [2.05, 4.69) is 4.98 Å². The van der Waals surface area contributed by atoms with Crippen LogP contribution in [0.1, 0.15) is 16.1 Å². The van der Waals surface area contributed by atoms with Gasteiger partial charge in [-0.15, -0.1) is 22.7 Å². The van der Waals surface area contributed by atoms with E-state index >= 15 is 0 Å². The number of hydrogen-bond acceptors (Lipinski definition) is 3. The van der Waals surface area contributed by atoms with Crippen LogP contribution in [0.3, 0.4) is 0 Å². The van der Waals surface area contributed by atoms with Gasteiger partial charge in [-0.1, -0.05) is 0 Å². The summed E-state index contributed by atoms with van der Waals surface area (Å²) < 4.78 is 37.7. The minimum atomic E-state index is -4.30. The van der Waals surface area contributed by atoms with E-state index in [0.29, 0.717) is 16.3 Å². The highest BCUT2D eigenvalue weighted by molar-refractivity contribution is 7.21. The van der Waals surface area contributed by atoms with Crippen LogP contribution in [-0.4, -0.2) is 4.98 Å². The summed E-state index contributed by atoms with van der Waals surface area (Å²) in [6.07, 6.45) is -4.30. The van der Waals surface area contributed by atoms with Gasteiger partial charge in [0, 0.05) is 0 Å². The fraction of sp³-hybridized carbons (Fsp3) is 0.300. The third kappa shape index (κ3) is 1.99. The second kappa shape index (κ2) is 3.85. The van der Waals surface area contributed by atoms with Gasteiger partial charge < -0.3 is 0 Å². The Hall–Kier alpha value is -0.880. The van der Waals surface area contributed by atoms with E-state index in [1.54, 1.807) is 0 Å². The first-order valence-electron chi connectivity index (χ1n) is 4.48. The van der Waals surface area contributed by atoms with Crippen LogP contribution in [0.5, 0.6) is 0 Å². The Bertz CT molecular complexity index is 510. The number of hydrogen-bond donors (Lipinski definition) is 0. The van der Waals surface area contributed by atoms with E-state index < -0.39 is 11.1 Å². The molecule has 2 aromatic heterocycles. The van der Waals surface area contributed by atoms with Gasteiger partial charge in [0.2, 0.25) is 0 Å². The Labute approximate surface area is 98.6 Å². The third-order valence-electron chi connectivity index (χ3n) is 2.11.